The summed E-state index contributed by atoms with van der Waals surface area (Å²) in [5, 5.41) is 14.5. The number of hydrogen-bond donors (Lipinski definition) is 2. The van der Waals surface area contributed by atoms with Gasteiger partial charge in [-0.15, -0.1) is 10.2 Å². The largest absolute Gasteiger partial charge is 0.341 e. The molecule has 2 N–H and O–H groups in total. The fraction of sp³-hybridized carbons (Fsp3) is 0.211. The summed E-state index contributed by atoms with van der Waals surface area (Å²) in [5.41, 5.74) is 3.50. The molecule has 7 nitrogen and oxygen atoms in total. The number of alkyl halides is 2. The Morgan fingerprint density at radius 3 is 2.52 bits per heavy atom. The predicted molar refractivity (Wildman–Crippen MR) is 118 cm³/mol. The van der Waals surface area contributed by atoms with E-state index in [-0.39, 0.29) is 11.7 Å². The molecular formula is C19H18F2N4O3S3. The molecular weight excluding hydrogens is 466 g/mol. The monoisotopic (exact) mass is 484 g/mol. The average Bonchev–Trinajstić information content (AvgIpc) is 3.17. The minimum absolute atomic E-state index is 0.0508. The quantitative estimate of drug-likeness (QED) is 0.450. The molecule has 1 aromatic heterocycles. The molecule has 12 heteroatoms. The molecule has 0 saturated heterocycles. The second kappa shape index (κ2) is 9.71. The number of benzene rings is 2. The molecule has 0 aliphatic rings. The molecule has 164 valence electrons. The molecule has 0 aliphatic heterocycles. The summed E-state index contributed by atoms with van der Waals surface area (Å²) in [6.45, 7) is 4.03. The lowest BCUT2D eigenvalue weighted by Gasteiger charge is -2.08. The number of thioether (sulfide) groups is 1. The highest BCUT2D eigenvalue weighted by atomic mass is 32.2. The van der Waals surface area contributed by atoms with Crippen LogP contribution in [0.3, 0.4) is 0 Å². The Morgan fingerprint density at radius 2 is 1.84 bits per heavy atom. The van der Waals surface area contributed by atoms with Crippen LogP contribution >= 0.6 is 23.1 Å². The first-order valence-electron chi connectivity index (χ1n) is 8.88. The van der Waals surface area contributed by atoms with Crippen molar-refractivity contribution in [2.24, 2.45) is 0 Å². The van der Waals surface area contributed by atoms with E-state index < -0.39 is 20.5 Å². The Kier molecular flexibility index (Phi) is 7.23. The van der Waals surface area contributed by atoms with Crippen LogP contribution in [0.2, 0.25) is 0 Å². The Bertz CT molecular complexity index is 1180. The van der Waals surface area contributed by atoms with Crippen molar-refractivity contribution in [2.75, 3.05) is 16.4 Å². The van der Waals surface area contributed by atoms with E-state index in [2.05, 4.69) is 20.8 Å². The van der Waals surface area contributed by atoms with E-state index in [0.717, 1.165) is 28.9 Å². The summed E-state index contributed by atoms with van der Waals surface area (Å²) in [6, 6.07) is 10.5. The lowest BCUT2D eigenvalue weighted by Crippen LogP contribution is -2.14. The number of amides is 1. The van der Waals surface area contributed by atoms with Gasteiger partial charge in [0, 0.05) is 11.4 Å². The van der Waals surface area contributed by atoms with Crippen molar-refractivity contribution >= 4 is 55.3 Å². The highest BCUT2D eigenvalue weighted by Crippen LogP contribution is 2.29. The van der Waals surface area contributed by atoms with Crippen LogP contribution in [0, 0.1) is 13.8 Å². The molecule has 3 aromatic rings. The van der Waals surface area contributed by atoms with Crippen LogP contribution in [0.25, 0.3) is 0 Å². The zero-order chi connectivity index (χ0) is 22.6. The Hall–Kier alpha value is -2.57. The molecule has 3 rings (SSSR count). The van der Waals surface area contributed by atoms with Gasteiger partial charge in [0.1, 0.15) is 0 Å². The number of hydrogen-bond acceptors (Lipinski definition) is 8. The molecule has 0 spiro atoms. The van der Waals surface area contributed by atoms with Crippen LogP contribution < -0.4 is 10.6 Å². The van der Waals surface area contributed by atoms with E-state index in [4.69, 9.17) is 0 Å². The number of nitrogens with zero attached hydrogens (tertiary/aromatic N) is 2. The third-order valence-electron chi connectivity index (χ3n) is 4.28. The van der Waals surface area contributed by atoms with Crippen LogP contribution in [0.1, 0.15) is 11.1 Å². The molecule has 31 heavy (non-hydrogen) atoms. The van der Waals surface area contributed by atoms with Gasteiger partial charge >= 0.3 is 5.76 Å². The first-order valence-corrected chi connectivity index (χ1v) is 12.2. The standard InChI is InChI=1S/C19H18F2N4O3S3/c1-11-4-3-5-15(12(11)2)23-18-24-25-19(30-18)29-10-16(26)22-13-6-8-14(9-7-13)31(27,28)17(20)21/h3-9,17H,10H2,1-2H3,(H,22,26)(H,23,24). The van der Waals surface area contributed by atoms with E-state index in [1.165, 1.54) is 35.2 Å². The van der Waals surface area contributed by atoms with Gasteiger partial charge in [-0.2, -0.15) is 8.78 Å². The lowest BCUT2D eigenvalue weighted by molar-refractivity contribution is -0.113. The van der Waals surface area contributed by atoms with Crippen molar-refractivity contribution in [3.05, 3.63) is 53.6 Å². The van der Waals surface area contributed by atoms with Crippen LogP contribution in [0.5, 0.6) is 0 Å². The Balaban J connectivity index is 1.54. The third kappa shape index (κ3) is 5.77. The maximum atomic E-state index is 12.6. The third-order valence-corrected chi connectivity index (χ3v) is 7.65. The molecule has 0 fully saturated rings. The lowest BCUT2D eigenvalue weighted by atomic mass is 10.1. The SMILES string of the molecule is Cc1cccc(Nc2nnc(SCC(=O)Nc3ccc(S(=O)(=O)C(F)F)cc3)s2)c1C. The average molecular weight is 485 g/mol. The summed E-state index contributed by atoms with van der Waals surface area (Å²) in [7, 11) is -4.66. The zero-order valence-electron chi connectivity index (χ0n) is 16.4. The number of carbonyl (C=O) groups excluding carboxylic acids is 1. The Morgan fingerprint density at radius 1 is 1.13 bits per heavy atom. The number of carbonyl (C=O) groups is 1. The van der Waals surface area contributed by atoms with Gasteiger partial charge in [0.25, 0.3) is 0 Å². The molecule has 0 saturated carbocycles. The highest BCUT2D eigenvalue weighted by Gasteiger charge is 2.26. The highest BCUT2D eigenvalue weighted by molar-refractivity contribution is 8.01. The van der Waals surface area contributed by atoms with Crippen molar-refractivity contribution in [3.63, 3.8) is 0 Å². The molecule has 2 aromatic carbocycles. The molecule has 0 aliphatic carbocycles. The van der Waals surface area contributed by atoms with Crippen LogP contribution in [-0.4, -0.2) is 36.0 Å². The van der Waals surface area contributed by atoms with Crippen molar-refractivity contribution in [1.29, 1.82) is 0 Å². The van der Waals surface area contributed by atoms with Gasteiger partial charge in [-0.3, -0.25) is 4.79 Å². The van der Waals surface area contributed by atoms with Crippen molar-refractivity contribution in [3.8, 4) is 0 Å². The van der Waals surface area contributed by atoms with Crippen molar-refractivity contribution in [2.45, 2.75) is 28.8 Å². The number of sulfone groups is 1. The summed E-state index contributed by atoms with van der Waals surface area (Å²) < 4.78 is 48.6. The van der Waals surface area contributed by atoms with Gasteiger partial charge in [0.15, 0.2) is 4.34 Å². The van der Waals surface area contributed by atoms with Gasteiger partial charge < -0.3 is 10.6 Å². The van der Waals surface area contributed by atoms with Gasteiger partial charge in [0.2, 0.25) is 20.9 Å². The number of aromatic nitrogens is 2. The fourth-order valence-electron chi connectivity index (χ4n) is 2.48. The van der Waals surface area contributed by atoms with E-state index >= 15 is 0 Å². The maximum absolute atomic E-state index is 12.6. The van der Waals surface area contributed by atoms with Crippen LogP contribution in [-0.2, 0) is 14.6 Å². The summed E-state index contributed by atoms with van der Waals surface area (Å²) in [4.78, 5) is 11.6. The number of anilines is 3. The topological polar surface area (TPSA) is 101 Å². The normalized spacial score (nSPS) is 11.5. The molecule has 1 heterocycles. The minimum atomic E-state index is -4.66. The second-order valence-electron chi connectivity index (χ2n) is 6.41. The van der Waals surface area contributed by atoms with Gasteiger partial charge in [-0.05, 0) is 55.3 Å². The van der Waals surface area contributed by atoms with E-state index in [1.807, 2.05) is 32.0 Å². The second-order valence-corrected chi connectivity index (χ2v) is 10.5. The van der Waals surface area contributed by atoms with E-state index in [0.29, 0.717) is 15.2 Å². The fourth-order valence-corrected chi connectivity index (χ4v) is 4.76. The maximum Gasteiger partial charge on any atom is 0.341 e. The van der Waals surface area contributed by atoms with Gasteiger partial charge in [-0.1, -0.05) is 35.2 Å². The molecule has 0 atom stereocenters. The van der Waals surface area contributed by atoms with E-state index in [1.54, 1.807) is 0 Å². The number of aryl methyl sites for hydroxylation is 1. The summed E-state index contributed by atoms with van der Waals surface area (Å²) >= 11 is 2.51. The number of rotatable bonds is 8. The summed E-state index contributed by atoms with van der Waals surface area (Å²) in [5.74, 6) is -3.80. The molecule has 1 amide bonds. The van der Waals surface area contributed by atoms with E-state index in [9.17, 15) is 22.0 Å². The summed E-state index contributed by atoms with van der Waals surface area (Å²) in [6.07, 6.45) is 0. The first-order chi connectivity index (χ1) is 14.7. The molecule has 0 bridgehead atoms. The van der Waals surface area contributed by atoms with Crippen molar-refractivity contribution in [1.82, 2.24) is 10.2 Å². The Labute approximate surface area is 186 Å². The number of halogens is 2. The molecule has 0 unspecified atom stereocenters. The first kappa shape index (κ1) is 23.1. The molecule has 0 radical (unpaired) electrons. The van der Waals surface area contributed by atoms with Gasteiger partial charge in [-0.25, -0.2) is 8.42 Å². The van der Waals surface area contributed by atoms with Crippen LogP contribution in [0.15, 0.2) is 51.7 Å². The number of nitrogens with one attached hydrogen (secondary N) is 2. The minimum Gasteiger partial charge on any atom is -0.330 e. The smallest absolute Gasteiger partial charge is 0.330 e. The van der Waals surface area contributed by atoms with Crippen LogP contribution in [0.4, 0.5) is 25.3 Å². The zero-order valence-corrected chi connectivity index (χ0v) is 18.9. The predicted octanol–water partition coefficient (Wildman–Crippen LogP) is 4.63. The van der Waals surface area contributed by atoms with Crippen molar-refractivity contribution < 1.29 is 22.0 Å². The van der Waals surface area contributed by atoms with Gasteiger partial charge in [0.05, 0.1) is 10.6 Å².